The lowest BCUT2D eigenvalue weighted by Gasteiger charge is -2.11. The van der Waals surface area contributed by atoms with Crippen molar-refractivity contribution in [1.29, 1.82) is 5.26 Å². The Morgan fingerprint density at radius 2 is 1.73 bits per heavy atom. The van der Waals surface area contributed by atoms with Crippen LogP contribution in [0.4, 0.5) is 11.4 Å². The largest absolute Gasteiger partial charge is 0.508 e. The summed E-state index contributed by atoms with van der Waals surface area (Å²) in [6, 6.07) is 10.2. The Hall–Kier alpha value is -4.32. The van der Waals surface area contributed by atoms with Gasteiger partial charge in [0.05, 0.1) is 31.0 Å². The second-order valence-electron chi connectivity index (χ2n) is 6.01. The summed E-state index contributed by atoms with van der Waals surface area (Å²) in [5, 5.41) is 24.1. The third-order valence-electron chi connectivity index (χ3n) is 4.04. The predicted molar refractivity (Wildman–Crippen MR) is 108 cm³/mol. The number of rotatable bonds is 6. The molecule has 1 amide bonds. The zero-order chi connectivity index (χ0) is 22.3. The van der Waals surface area contributed by atoms with Gasteiger partial charge in [0, 0.05) is 11.9 Å². The number of benzene rings is 2. The van der Waals surface area contributed by atoms with Gasteiger partial charge in [0.2, 0.25) is 0 Å². The molecule has 0 aliphatic heterocycles. The van der Waals surface area contributed by atoms with Crippen LogP contribution in [0.25, 0.3) is 0 Å². The van der Waals surface area contributed by atoms with E-state index in [2.05, 4.69) is 15.4 Å². The molecule has 0 radical (unpaired) electrons. The standard InChI is InChI=1S/C21H19N3O6/c1-12-8-15(25)5-7-17(12)24-19(26)14(10-22)11-23-18-9-13(20(27)29-2)4-6-16(18)21(28)30-3/h4-9,11,23,25H,1-3H3,(H,24,26)/b14-11-. The van der Waals surface area contributed by atoms with Crippen molar-refractivity contribution >= 4 is 29.2 Å². The summed E-state index contributed by atoms with van der Waals surface area (Å²) in [5.41, 5.74) is 1.12. The molecule has 2 aromatic carbocycles. The molecule has 0 bridgehead atoms. The molecule has 0 saturated heterocycles. The number of aromatic hydroxyl groups is 1. The van der Waals surface area contributed by atoms with Crippen LogP contribution in [0.5, 0.6) is 5.75 Å². The molecule has 9 nitrogen and oxygen atoms in total. The fraction of sp³-hybridized carbons (Fsp3) is 0.143. The Balaban J connectivity index is 2.32. The SMILES string of the molecule is COC(=O)c1ccc(C(=O)OC)c(N/C=C(/C#N)C(=O)Nc2ccc(O)cc2C)c1. The molecule has 154 valence electrons. The zero-order valence-corrected chi connectivity index (χ0v) is 16.5. The number of nitrogens with zero attached hydrogens (tertiary/aromatic N) is 1. The highest BCUT2D eigenvalue weighted by atomic mass is 16.5. The summed E-state index contributed by atoms with van der Waals surface area (Å²) in [6.07, 6.45) is 1.11. The predicted octanol–water partition coefficient (Wildman–Crippen LogP) is 2.73. The molecule has 3 N–H and O–H groups in total. The van der Waals surface area contributed by atoms with Gasteiger partial charge in [0.15, 0.2) is 0 Å². The highest BCUT2D eigenvalue weighted by Gasteiger charge is 2.16. The van der Waals surface area contributed by atoms with E-state index >= 15 is 0 Å². The van der Waals surface area contributed by atoms with Crippen LogP contribution in [0.3, 0.4) is 0 Å². The lowest BCUT2D eigenvalue weighted by atomic mass is 10.1. The first kappa shape index (κ1) is 22.0. The second-order valence-corrected chi connectivity index (χ2v) is 6.01. The molecule has 0 unspecified atom stereocenters. The minimum atomic E-state index is -0.706. The van der Waals surface area contributed by atoms with Gasteiger partial charge in [0.1, 0.15) is 17.4 Å². The third kappa shape index (κ3) is 5.14. The van der Waals surface area contributed by atoms with Gasteiger partial charge in [0.25, 0.3) is 5.91 Å². The van der Waals surface area contributed by atoms with Crippen molar-refractivity contribution in [2.24, 2.45) is 0 Å². The maximum Gasteiger partial charge on any atom is 0.339 e. The number of amides is 1. The monoisotopic (exact) mass is 409 g/mol. The van der Waals surface area contributed by atoms with Crippen LogP contribution in [0.15, 0.2) is 48.2 Å². The number of hydrogen-bond donors (Lipinski definition) is 3. The summed E-state index contributed by atoms with van der Waals surface area (Å²) in [4.78, 5) is 36.2. The normalized spacial score (nSPS) is 10.5. The fourth-order valence-corrected chi connectivity index (χ4v) is 2.47. The smallest absolute Gasteiger partial charge is 0.339 e. The van der Waals surface area contributed by atoms with Crippen LogP contribution in [0, 0.1) is 18.3 Å². The Morgan fingerprint density at radius 1 is 1.03 bits per heavy atom. The van der Waals surface area contributed by atoms with E-state index < -0.39 is 17.8 Å². The summed E-state index contributed by atoms with van der Waals surface area (Å²) >= 11 is 0. The first-order valence-electron chi connectivity index (χ1n) is 8.59. The minimum Gasteiger partial charge on any atom is -0.508 e. The van der Waals surface area contributed by atoms with E-state index in [0.717, 1.165) is 6.20 Å². The zero-order valence-electron chi connectivity index (χ0n) is 16.5. The lowest BCUT2D eigenvalue weighted by molar-refractivity contribution is -0.112. The Bertz CT molecular complexity index is 1070. The fourth-order valence-electron chi connectivity index (χ4n) is 2.47. The van der Waals surface area contributed by atoms with Gasteiger partial charge in [-0.15, -0.1) is 0 Å². The van der Waals surface area contributed by atoms with Gasteiger partial charge < -0.3 is 25.2 Å². The molecule has 0 fully saturated rings. The number of carbonyl (C=O) groups is 3. The van der Waals surface area contributed by atoms with E-state index in [0.29, 0.717) is 11.3 Å². The van der Waals surface area contributed by atoms with Gasteiger partial charge in [-0.3, -0.25) is 4.79 Å². The first-order chi connectivity index (χ1) is 14.3. The average Bonchev–Trinajstić information content (AvgIpc) is 2.74. The van der Waals surface area contributed by atoms with E-state index in [1.165, 1.54) is 50.6 Å². The second kappa shape index (κ2) is 9.75. The van der Waals surface area contributed by atoms with Crippen molar-refractivity contribution < 1.29 is 29.0 Å². The number of methoxy groups -OCH3 is 2. The molecule has 0 spiro atoms. The molecule has 0 aromatic heterocycles. The van der Waals surface area contributed by atoms with E-state index in [4.69, 9.17) is 4.74 Å². The van der Waals surface area contributed by atoms with Crippen LogP contribution >= 0.6 is 0 Å². The van der Waals surface area contributed by atoms with Gasteiger partial charge in [-0.2, -0.15) is 5.26 Å². The lowest BCUT2D eigenvalue weighted by Crippen LogP contribution is -2.16. The van der Waals surface area contributed by atoms with E-state index in [9.17, 15) is 24.8 Å². The molecule has 2 aromatic rings. The van der Waals surface area contributed by atoms with Crippen molar-refractivity contribution in [2.45, 2.75) is 6.92 Å². The van der Waals surface area contributed by atoms with Crippen molar-refractivity contribution in [2.75, 3.05) is 24.9 Å². The molecular weight excluding hydrogens is 390 g/mol. The quantitative estimate of drug-likeness (QED) is 0.287. The van der Waals surface area contributed by atoms with Gasteiger partial charge >= 0.3 is 11.9 Å². The minimum absolute atomic E-state index is 0.0454. The summed E-state index contributed by atoms with van der Waals surface area (Å²) in [7, 11) is 2.41. The third-order valence-corrected chi connectivity index (χ3v) is 4.04. The van der Waals surface area contributed by atoms with Crippen LogP contribution in [-0.2, 0) is 14.3 Å². The molecule has 0 aliphatic carbocycles. The Kier molecular flexibility index (Phi) is 7.14. The van der Waals surface area contributed by atoms with Crippen LogP contribution in [0.2, 0.25) is 0 Å². The number of carbonyl (C=O) groups excluding carboxylic acids is 3. The summed E-state index contributed by atoms with van der Waals surface area (Å²) < 4.78 is 9.36. The number of nitrogens with one attached hydrogen (secondary N) is 2. The maximum atomic E-state index is 12.4. The van der Waals surface area contributed by atoms with Gasteiger partial charge in [-0.05, 0) is 48.9 Å². The van der Waals surface area contributed by atoms with Crippen LogP contribution in [-0.4, -0.2) is 37.2 Å². The number of phenolic OH excluding ortho intramolecular Hbond substituents is 1. The van der Waals surface area contributed by atoms with Gasteiger partial charge in [-0.1, -0.05) is 0 Å². The number of ether oxygens (including phenoxy) is 2. The number of hydrogen-bond acceptors (Lipinski definition) is 8. The summed E-state index contributed by atoms with van der Waals surface area (Å²) in [5.74, 6) is -1.96. The van der Waals surface area contributed by atoms with Crippen molar-refractivity contribution in [3.63, 3.8) is 0 Å². The molecule has 9 heteroatoms. The average molecular weight is 409 g/mol. The highest BCUT2D eigenvalue weighted by molar-refractivity contribution is 6.07. The van der Waals surface area contributed by atoms with Crippen molar-refractivity contribution in [3.05, 3.63) is 64.9 Å². The van der Waals surface area contributed by atoms with Crippen LogP contribution in [0.1, 0.15) is 26.3 Å². The van der Waals surface area contributed by atoms with Crippen molar-refractivity contribution in [1.82, 2.24) is 0 Å². The number of phenols is 1. The number of esters is 2. The topological polar surface area (TPSA) is 138 Å². The maximum absolute atomic E-state index is 12.4. The molecule has 0 saturated carbocycles. The Labute approximate surface area is 172 Å². The molecule has 0 aliphatic rings. The number of anilines is 2. The number of nitriles is 1. The summed E-state index contributed by atoms with van der Waals surface area (Å²) in [6.45, 7) is 1.68. The van der Waals surface area contributed by atoms with E-state index in [1.807, 2.05) is 0 Å². The van der Waals surface area contributed by atoms with Crippen molar-refractivity contribution in [3.8, 4) is 11.8 Å². The molecule has 0 heterocycles. The molecular formula is C21H19N3O6. The van der Waals surface area contributed by atoms with Crippen LogP contribution < -0.4 is 10.6 Å². The molecule has 30 heavy (non-hydrogen) atoms. The molecule has 2 rings (SSSR count). The molecule has 0 atom stereocenters. The van der Waals surface area contributed by atoms with E-state index in [-0.39, 0.29) is 28.1 Å². The Morgan fingerprint density at radius 3 is 2.33 bits per heavy atom. The van der Waals surface area contributed by atoms with E-state index in [1.54, 1.807) is 13.0 Å². The van der Waals surface area contributed by atoms with Gasteiger partial charge in [-0.25, -0.2) is 9.59 Å². The first-order valence-corrected chi connectivity index (χ1v) is 8.59. The number of aryl methyl sites for hydroxylation is 1. The highest BCUT2D eigenvalue weighted by Crippen LogP contribution is 2.22.